The van der Waals surface area contributed by atoms with Gasteiger partial charge in [-0.3, -0.25) is 9.48 Å². The zero-order valence-corrected chi connectivity index (χ0v) is 12.8. The van der Waals surface area contributed by atoms with Crippen molar-refractivity contribution in [1.29, 1.82) is 0 Å². The summed E-state index contributed by atoms with van der Waals surface area (Å²) in [4.78, 5) is 14.2. The van der Waals surface area contributed by atoms with E-state index in [9.17, 15) is 4.79 Å². The highest BCUT2D eigenvalue weighted by Gasteiger charge is 2.26. The summed E-state index contributed by atoms with van der Waals surface area (Å²) in [5.41, 5.74) is 6.04. The molecule has 1 aliphatic heterocycles. The molecule has 1 atom stereocenters. The number of anilines is 1. The summed E-state index contributed by atoms with van der Waals surface area (Å²) >= 11 is 0. The fourth-order valence-corrected chi connectivity index (χ4v) is 2.35. The number of amides is 1. The van der Waals surface area contributed by atoms with Crippen molar-refractivity contribution in [3.8, 4) is 0 Å². The minimum Gasteiger partial charge on any atom is -0.381 e. The molecule has 1 aromatic rings. The van der Waals surface area contributed by atoms with E-state index >= 15 is 0 Å². The maximum absolute atomic E-state index is 12.2. The van der Waals surface area contributed by atoms with Gasteiger partial charge in [-0.15, -0.1) is 0 Å². The standard InChI is InChI=1S/C14H25N5O2/c1-18(2)7-8-19-6-3-12(17-19)16-14(20)13(15)11-4-9-21-10-5-11/h3,6,11,13H,4-5,7-10,15H2,1-2H3,(H,16,17,20). The van der Waals surface area contributed by atoms with Gasteiger partial charge in [0.25, 0.3) is 0 Å². The Hall–Kier alpha value is -1.44. The molecule has 2 rings (SSSR count). The second-order valence-corrected chi connectivity index (χ2v) is 5.73. The van der Waals surface area contributed by atoms with Gasteiger partial charge in [-0.25, -0.2) is 0 Å². The quantitative estimate of drug-likeness (QED) is 0.779. The summed E-state index contributed by atoms with van der Waals surface area (Å²) in [6, 6.07) is 1.30. The van der Waals surface area contributed by atoms with Gasteiger partial charge in [0, 0.05) is 32.0 Å². The maximum atomic E-state index is 12.2. The van der Waals surface area contributed by atoms with Gasteiger partial charge in [0.1, 0.15) is 0 Å². The summed E-state index contributed by atoms with van der Waals surface area (Å²) in [5, 5.41) is 7.12. The average Bonchev–Trinajstić information content (AvgIpc) is 2.92. The number of ether oxygens (including phenoxy) is 1. The number of nitrogens with two attached hydrogens (primary N) is 1. The van der Waals surface area contributed by atoms with Gasteiger partial charge in [0.15, 0.2) is 5.82 Å². The van der Waals surface area contributed by atoms with Crippen molar-refractivity contribution < 1.29 is 9.53 Å². The molecule has 0 spiro atoms. The first-order valence-electron chi connectivity index (χ1n) is 7.38. The largest absolute Gasteiger partial charge is 0.381 e. The second kappa shape index (κ2) is 7.53. The van der Waals surface area contributed by atoms with Gasteiger partial charge >= 0.3 is 0 Å². The maximum Gasteiger partial charge on any atom is 0.242 e. The number of carbonyl (C=O) groups excluding carboxylic acids is 1. The van der Waals surface area contributed by atoms with Crippen LogP contribution in [0.4, 0.5) is 5.82 Å². The van der Waals surface area contributed by atoms with Crippen LogP contribution in [0.15, 0.2) is 12.3 Å². The van der Waals surface area contributed by atoms with Gasteiger partial charge < -0.3 is 20.7 Å². The number of likely N-dealkylation sites (N-methyl/N-ethyl adjacent to an activating group) is 1. The van der Waals surface area contributed by atoms with Gasteiger partial charge in [0.2, 0.25) is 5.91 Å². The number of nitrogens with zero attached hydrogens (tertiary/aromatic N) is 3. The van der Waals surface area contributed by atoms with Gasteiger partial charge in [0.05, 0.1) is 12.6 Å². The molecule has 0 aliphatic carbocycles. The Morgan fingerprint density at radius 1 is 1.57 bits per heavy atom. The number of hydrogen-bond donors (Lipinski definition) is 2. The molecule has 2 heterocycles. The summed E-state index contributed by atoms with van der Waals surface area (Å²) in [5.74, 6) is 0.579. The van der Waals surface area contributed by atoms with Crippen molar-refractivity contribution in [1.82, 2.24) is 14.7 Å². The van der Waals surface area contributed by atoms with Gasteiger partial charge in [-0.05, 0) is 32.9 Å². The van der Waals surface area contributed by atoms with Crippen molar-refractivity contribution in [2.75, 3.05) is 39.2 Å². The lowest BCUT2D eigenvalue weighted by molar-refractivity contribution is -0.119. The molecule has 118 valence electrons. The van der Waals surface area contributed by atoms with E-state index in [2.05, 4.69) is 15.3 Å². The van der Waals surface area contributed by atoms with Crippen LogP contribution in [0.2, 0.25) is 0 Å². The zero-order chi connectivity index (χ0) is 15.2. The van der Waals surface area contributed by atoms with Crippen LogP contribution in [0, 0.1) is 5.92 Å². The third-order valence-corrected chi connectivity index (χ3v) is 3.74. The lowest BCUT2D eigenvalue weighted by atomic mass is 9.92. The second-order valence-electron chi connectivity index (χ2n) is 5.73. The smallest absolute Gasteiger partial charge is 0.242 e. The molecule has 0 bridgehead atoms. The van der Waals surface area contributed by atoms with E-state index in [1.165, 1.54) is 0 Å². The highest BCUT2D eigenvalue weighted by Crippen LogP contribution is 2.18. The van der Waals surface area contributed by atoms with Crippen molar-refractivity contribution in [3.05, 3.63) is 12.3 Å². The molecule has 0 aromatic carbocycles. The molecule has 21 heavy (non-hydrogen) atoms. The number of aromatic nitrogens is 2. The van der Waals surface area contributed by atoms with E-state index in [-0.39, 0.29) is 11.8 Å². The molecule has 7 nitrogen and oxygen atoms in total. The van der Waals surface area contributed by atoms with E-state index in [0.717, 1.165) is 25.9 Å². The van der Waals surface area contributed by atoms with Crippen LogP contribution in [-0.4, -0.2) is 60.5 Å². The Kier molecular flexibility index (Phi) is 5.72. The predicted octanol–water partition coefficient (Wildman–Crippen LogP) is 0.137. The lowest BCUT2D eigenvalue weighted by Crippen LogP contribution is -2.44. The van der Waals surface area contributed by atoms with Crippen molar-refractivity contribution >= 4 is 11.7 Å². The van der Waals surface area contributed by atoms with Crippen LogP contribution in [0.25, 0.3) is 0 Å². The molecule has 1 aromatic heterocycles. The van der Waals surface area contributed by atoms with Gasteiger partial charge in [-0.2, -0.15) is 5.10 Å². The fourth-order valence-electron chi connectivity index (χ4n) is 2.35. The molecule has 0 saturated carbocycles. The summed E-state index contributed by atoms with van der Waals surface area (Å²) in [6.45, 7) is 3.06. The Bertz CT molecular complexity index is 454. The van der Waals surface area contributed by atoms with Crippen molar-refractivity contribution in [3.63, 3.8) is 0 Å². The van der Waals surface area contributed by atoms with Crippen LogP contribution in [-0.2, 0) is 16.1 Å². The third kappa shape index (κ3) is 4.80. The first kappa shape index (κ1) is 15.9. The number of rotatable bonds is 6. The Balaban J connectivity index is 1.84. The Labute approximate surface area is 125 Å². The first-order chi connectivity index (χ1) is 10.1. The van der Waals surface area contributed by atoms with Crippen molar-refractivity contribution in [2.45, 2.75) is 25.4 Å². The Morgan fingerprint density at radius 2 is 2.29 bits per heavy atom. The minimum atomic E-state index is -0.499. The monoisotopic (exact) mass is 295 g/mol. The molecule has 1 aliphatic rings. The topological polar surface area (TPSA) is 85.4 Å². The number of carbonyl (C=O) groups is 1. The fraction of sp³-hybridized carbons (Fsp3) is 0.714. The van der Waals surface area contributed by atoms with Crippen LogP contribution < -0.4 is 11.1 Å². The van der Waals surface area contributed by atoms with E-state index in [1.807, 2.05) is 25.0 Å². The number of nitrogens with one attached hydrogen (secondary N) is 1. The van der Waals surface area contributed by atoms with Crippen LogP contribution in [0.3, 0.4) is 0 Å². The van der Waals surface area contributed by atoms with E-state index in [1.54, 1.807) is 6.07 Å². The van der Waals surface area contributed by atoms with Crippen molar-refractivity contribution in [2.24, 2.45) is 11.7 Å². The molecule has 7 heteroatoms. The third-order valence-electron chi connectivity index (χ3n) is 3.74. The van der Waals surface area contributed by atoms with E-state index in [4.69, 9.17) is 10.5 Å². The summed E-state index contributed by atoms with van der Waals surface area (Å²) in [7, 11) is 4.03. The SMILES string of the molecule is CN(C)CCn1ccc(NC(=O)C(N)C2CCOCC2)n1. The highest BCUT2D eigenvalue weighted by atomic mass is 16.5. The van der Waals surface area contributed by atoms with Crippen LogP contribution in [0.1, 0.15) is 12.8 Å². The molecule has 1 unspecified atom stereocenters. The molecular weight excluding hydrogens is 270 g/mol. The number of hydrogen-bond acceptors (Lipinski definition) is 5. The molecule has 3 N–H and O–H groups in total. The predicted molar refractivity (Wildman–Crippen MR) is 80.9 cm³/mol. The minimum absolute atomic E-state index is 0.167. The first-order valence-corrected chi connectivity index (χ1v) is 7.38. The molecule has 1 amide bonds. The van der Waals surface area contributed by atoms with E-state index in [0.29, 0.717) is 19.0 Å². The normalized spacial score (nSPS) is 17.9. The molecular formula is C14H25N5O2. The zero-order valence-electron chi connectivity index (χ0n) is 12.8. The van der Waals surface area contributed by atoms with Gasteiger partial charge in [-0.1, -0.05) is 0 Å². The van der Waals surface area contributed by atoms with Crippen LogP contribution >= 0.6 is 0 Å². The van der Waals surface area contributed by atoms with E-state index < -0.39 is 6.04 Å². The summed E-state index contributed by atoms with van der Waals surface area (Å²) < 4.78 is 7.11. The summed E-state index contributed by atoms with van der Waals surface area (Å²) in [6.07, 6.45) is 3.54. The molecule has 0 radical (unpaired) electrons. The van der Waals surface area contributed by atoms with Crippen LogP contribution in [0.5, 0.6) is 0 Å². The molecule has 1 saturated heterocycles. The molecule has 1 fully saturated rings. The highest BCUT2D eigenvalue weighted by molar-refractivity contribution is 5.94. The lowest BCUT2D eigenvalue weighted by Gasteiger charge is -2.26. The Morgan fingerprint density at radius 3 is 2.95 bits per heavy atom. The average molecular weight is 295 g/mol.